The van der Waals surface area contributed by atoms with Crippen LogP contribution in [-0.2, 0) is 11.3 Å². The molecule has 0 aliphatic heterocycles. The molecule has 3 aromatic rings. The number of nitrogens with zero attached hydrogens (tertiary/aromatic N) is 2. The molecule has 0 fully saturated rings. The van der Waals surface area contributed by atoms with Gasteiger partial charge in [-0.15, -0.1) is 0 Å². The molecule has 0 bridgehead atoms. The maximum atomic E-state index is 12.9. The van der Waals surface area contributed by atoms with Crippen molar-refractivity contribution in [2.75, 3.05) is 11.9 Å². The van der Waals surface area contributed by atoms with Crippen molar-refractivity contribution in [2.45, 2.75) is 13.5 Å². The molecule has 2 heterocycles. The average molecular weight is 330 g/mol. The van der Waals surface area contributed by atoms with Crippen LogP contribution in [0.3, 0.4) is 0 Å². The monoisotopic (exact) mass is 330 g/mol. The largest absolute Gasteiger partial charge is 0.449 e. The summed E-state index contributed by atoms with van der Waals surface area (Å²) in [6, 6.07) is 9.34. The number of imidazole rings is 1. The van der Waals surface area contributed by atoms with Crippen LogP contribution in [0.4, 0.5) is 15.0 Å². The molecule has 2 N–H and O–H groups in total. The minimum Gasteiger partial charge on any atom is -0.449 e. The highest BCUT2D eigenvalue weighted by Crippen LogP contribution is 2.14. The topological polar surface area (TPSA) is 89.0 Å². The number of fused-ring (bicyclic) bond motifs is 1. The number of ether oxygens (including phenoxy) is 1. The zero-order chi connectivity index (χ0) is 17.1. The van der Waals surface area contributed by atoms with Gasteiger partial charge in [-0.1, -0.05) is 12.1 Å². The number of rotatable bonds is 4. The molecule has 0 saturated carbocycles. The van der Waals surface area contributed by atoms with Gasteiger partial charge in [0.2, 0.25) is 0 Å². The summed E-state index contributed by atoms with van der Waals surface area (Å²) < 4.78 is 18.6. The van der Waals surface area contributed by atoms with E-state index in [-0.39, 0.29) is 18.1 Å². The van der Waals surface area contributed by atoms with Crippen molar-refractivity contribution < 1.29 is 13.9 Å². The van der Waals surface area contributed by atoms with Gasteiger partial charge in [0, 0.05) is 6.54 Å². The molecule has 0 amide bonds. The summed E-state index contributed by atoms with van der Waals surface area (Å²) in [6.07, 6.45) is -0.748. The van der Waals surface area contributed by atoms with E-state index >= 15 is 0 Å². The minimum atomic E-state index is -0.748. The van der Waals surface area contributed by atoms with E-state index < -0.39 is 11.8 Å². The third kappa shape index (κ3) is 3.12. The second-order valence-corrected chi connectivity index (χ2v) is 5.01. The standard InChI is InChI=1S/C16H15FN4O3/c1-2-24-16(23)21-12-7-8-13(19-14(12)20-15(21)22)18-9-10-3-5-11(17)6-4-10/h3-8H,2,9H2,1H3,(H2,18,19,20,22). The zero-order valence-corrected chi connectivity index (χ0v) is 12.9. The molecule has 0 saturated heterocycles. The second kappa shape index (κ2) is 6.53. The quantitative estimate of drug-likeness (QED) is 0.767. The number of carbonyl (C=O) groups excluding carboxylic acids is 1. The van der Waals surface area contributed by atoms with Gasteiger partial charge in [0.1, 0.15) is 17.2 Å². The highest BCUT2D eigenvalue weighted by Gasteiger charge is 2.15. The van der Waals surface area contributed by atoms with E-state index in [2.05, 4.69) is 15.3 Å². The Morgan fingerprint density at radius 2 is 2.04 bits per heavy atom. The Balaban J connectivity index is 1.83. The second-order valence-electron chi connectivity index (χ2n) is 5.01. The van der Waals surface area contributed by atoms with E-state index in [9.17, 15) is 14.0 Å². The summed E-state index contributed by atoms with van der Waals surface area (Å²) in [7, 11) is 0. The first-order valence-corrected chi connectivity index (χ1v) is 7.35. The number of H-pyrrole nitrogens is 1. The van der Waals surface area contributed by atoms with Gasteiger partial charge in [-0.05, 0) is 36.8 Å². The Bertz CT molecular complexity index is 931. The summed E-state index contributed by atoms with van der Waals surface area (Å²) in [5, 5.41) is 3.07. The molecule has 3 rings (SSSR count). The van der Waals surface area contributed by atoms with Crippen LogP contribution < -0.4 is 11.0 Å². The summed E-state index contributed by atoms with van der Waals surface area (Å²) in [6.45, 7) is 2.28. The number of hydrogen-bond donors (Lipinski definition) is 2. The van der Waals surface area contributed by atoms with Crippen molar-refractivity contribution in [3.63, 3.8) is 0 Å². The molecule has 7 nitrogen and oxygen atoms in total. The van der Waals surface area contributed by atoms with Crippen molar-refractivity contribution in [3.05, 3.63) is 58.3 Å². The van der Waals surface area contributed by atoms with Crippen molar-refractivity contribution in [3.8, 4) is 0 Å². The van der Waals surface area contributed by atoms with Crippen LogP contribution in [0.1, 0.15) is 12.5 Å². The van der Waals surface area contributed by atoms with Gasteiger partial charge >= 0.3 is 11.8 Å². The molecular weight excluding hydrogens is 315 g/mol. The first kappa shape index (κ1) is 15.7. The van der Waals surface area contributed by atoms with Crippen LogP contribution in [0, 0.1) is 5.82 Å². The Labute approximate surface area is 136 Å². The van der Waals surface area contributed by atoms with E-state index in [1.807, 2.05) is 0 Å². The molecule has 124 valence electrons. The fourth-order valence-corrected chi connectivity index (χ4v) is 2.25. The van der Waals surface area contributed by atoms with E-state index in [1.54, 1.807) is 31.2 Å². The molecule has 0 unspecified atom stereocenters. The summed E-state index contributed by atoms with van der Waals surface area (Å²) in [5.74, 6) is 0.222. The zero-order valence-electron chi connectivity index (χ0n) is 12.9. The van der Waals surface area contributed by atoms with Crippen LogP contribution in [0.5, 0.6) is 0 Å². The number of anilines is 1. The van der Waals surface area contributed by atoms with E-state index in [0.29, 0.717) is 17.9 Å². The van der Waals surface area contributed by atoms with Gasteiger partial charge in [-0.25, -0.2) is 19.0 Å². The van der Waals surface area contributed by atoms with Crippen molar-refractivity contribution in [2.24, 2.45) is 0 Å². The predicted molar refractivity (Wildman–Crippen MR) is 86.5 cm³/mol. The Morgan fingerprint density at radius 1 is 1.29 bits per heavy atom. The lowest BCUT2D eigenvalue weighted by Crippen LogP contribution is -2.25. The molecule has 2 aromatic heterocycles. The molecule has 0 atom stereocenters. The maximum absolute atomic E-state index is 12.9. The van der Waals surface area contributed by atoms with E-state index in [1.165, 1.54) is 12.1 Å². The molecule has 0 spiro atoms. The summed E-state index contributed by atoms with van der Waals surface area (Å²) in [4.78, 5) is 30.5. The minimum absolute atomic E-state index is 0.169. The third-order valence-corrected chi connectivity index (χ3v) is 3.38. The number of aromatic amines is 1. The molecule has 0 aliphatic rings. The van der Waals surface area contributed by atoms with Gasteiger partial charge in [-0.3, -0.25) is 4.98 Å². The number of benzene rings is 1. The molecule has 8 heteroatoms. The molecule has 1 aromatic carbocycles. The molecule has 0 aliphatic carbocycles. The first-order valence-electron chi connectivity index (χ1n) is 7.35. The van der Waals surface area contributed by atoms with E-state index in [0.717, 1.165) is 10.1 Å². The Morgan fingerprint density at radius 3 is 2.75 bits per heavy atom. The normalized spacial score (nSPS) is 10.8. The summed E-state index contributed by atoms with van der Waals surface area (Å²) in [5.41, 5.74) is 0.894. The highest BCUT2D eigenvalue weighted by atomic mass is 19.1. The number of aromatic nitrogens is 3. The summed E-state index contributed by atoms with van der Waals surface area (Å²) >= 11 is 0. The predicted octanol–water partition coefficient (Wildman–Crippen LogP) is 2.48. The van der Waals surface area contributed by atoms with Gasteiger partial charge < -0.3 is 10.1 Å². The lowest BCUT2D eigenvalue weighted by atomic mass is 10.2. The lowest BCUT2D eigenvalue weighted by molar-refractivity contribution is 0.154. The van der Waals surface area contributed by atoms with Crippen molar-refractivity contribution >= 4 is 23.1 Å². The molecule has 24 heavy (non-hydrogen) atoms. The molecule has 0 radical (unpaired) electrons. The van der Waals surface area contributed by atoms with Crippen molar-refractivity contribution in [1.29, 1.82) is 0 Å². The lowest BCUT2D eigenvalue weighted by Gasteiger charge is -2.06. The number of pyridine rings is 1. The van der Waals surface area contributed by atoms with Gasteiger partial charge in [0.25, 0.3) is 0 Å². The molecular formula is C16H15FN4O3. The highest BCUT2D eigenvalue weighted by molar-refractivity contribution is 5.85. The Kier molecular flexibility index (Phi) is 4.28. The third-order valence-electron chi connectivity index (χ3n) is 3.38. The van der Waals surface area contributed by atoms with Crippen LogP contribution in [0.15, 0.2) is 41.2 Å². The number of hydrogen-bond acceptors (Lipinski definition) is 5. The fourth-order valence-electron chi connectivity index (χ4n) is 2.25. The van der Waals surface area contributed by atoms with Gasteiger partial charge in [-0.2, -0.15) is 4.57 Å². The average Bonchev–Trinajstić information content (AvgIpc) is 2.89. The van der Waals surface area contributed by atoms with Crippen molar-refractivity contribution in [1.82, 2.24) is 14.5 Å². The Hall–Kier alpha value is -3.16. The van der Waals surface area contributed by atoms with Crippen LogP contribution in [0.2, 0.25) is 0 Å². The first-order chi connectivity index (χ1) is 11.6. The van der Waals surface area contributed by atoms with Gasteiger partial charge in [0.05, 0.1) is 6.61 Å². The smallest absolute Gasteiger partial charge is 0.422 e. The number of halogens is 1. The number of carbonyl (C=O) groups is 1. The van der Waals surface area contributed by atoms with Gasteiger partial charge in [0.15, 0.2) is 5.65 Å². The van der Waals surface area contributed by atoms with Crippen LogP contribution in [-0.4, -0.2) is 27.2 Å². The van der Waals surface area contributed by atoms with E-state index in [4.69, 9.17) is 4.74 Å². The van der Waals surface area contributed by atoms with Crippen LogP contribution in [0.25, 0.3) is 11.2 Å². The SMILES string of the molecule is CCOC(=O)n1c(=O)[nH]c2nc(NCc3ccc(F)cc3)ccc21. The number of nitrogens with one attached hydrogen (secondary N) is 2. The maximum Gasteiger partial charge on any atom is 0.422 e. The van der Waals surface area contributed by atoms with Crippen LogP contribution >= 0.6 is 0 Å². The fraction of sp³-hybridized carbons (Fsp3) is 0.188.